The van der Waals surface area contributed by atoms with Crippen molar-refractivity contribution in [3.05, 3.63) is 53.6 Å². The van der Waals surface area contributed by atoms with Gasteiger partial charge in [0.15, 0.2) is 0 Å². The van der Waals surface area contributed by atoms with Crippen LogP contribution in [0.25, 0.3) is 0 Å². The number of hydrogen-bond acceptors (Lipinski definition) is 3. The SMILES string of the molecule is COc1ccc2c(c1)C[C@@]1(CCc3ccccc3O1)O2. The van der Waals surface area contributed by atoms with Gasteiger partial charge in [-0.3, -0.25) is 0 Å². The first-order valence-electron chi connectivity index (χ1n) is 6.91. The van der Waals surface area contributed by atoms with E-state index in [4.69, 9.17) is 14.2 Å². The Hall–Kier alpha value is -2.16. The molecule has 2 aromatic carbocycles. The molecule has 0 saturated heterocycles. The van der Waals surface area contributed by atoms with Crippen molar-refractivity contribution >= 4 is 0 Å². The van der Waals surface area contributed by atoms with E-state index in [1.54, 1.807) is 7.11 Å². The summed E-state index contributed by atoms with van der Waals surface area (Å²) in [6.07, 6.45) is 2.64. The maximum Gasteiger partial charge on any atom is 0.255 e. The minimum Gasteiger partial charge on any atom is -0.497 e. The van der Waals surface area contributed by atoms with Gasteiger partial charge in [0.2, 0.25) is 0 Å². The summed E-state index contributed by atoms with van der Waals surface area (Å²) in [7, 11) is 1.68. The molecule has 0 saturated carbocycles. The first-order chi connectivity index (χ1) is 9.78. The standard InChI is InChI=1S/C17H16O3/c1-18-14-6-7-16-13(10-14)11-17(20-16)9-8-12-4-2-3-5-15(12)19-17/h2-7,10H,8-9,11H2,1H3/t17-/m1/s1. The van der Waals surface area contributed by atoms with Crippen molar-refractivity contribution in [2.24, 2.45) is 0 Å². The van der Waals surface area contributed by atoms with Crippen molar-refractivity contribution in [1.29, 1.82) is 0 Å². The number of fused-ring (bicyclic) bond motifs is 2. The Morgan fingerprint density at radius 2 is 1.80 bits per heavy atom. The molecule has 20 heavy (non-hydrogen) atoms. The summed E-state index contributed by atoms with van der Waals surface area (Å²) < 4.78 is 17.6. The van der Waals surface area contributed by atoms with E-state index in [9.17, 15) is 0 Å². The van der Waals surface area contributed by atoms with Crippen molar-refractivity contribution in [3.8, 4) is 17.2 Å². The Bertz CT molecular complexity index is 665. The Morgan fingerprint density at radius 3 is 2.65 bits per heavy atom. The van der Waals surface area contributed by atoms with Crippen LogP contribution in [0, 0.1) is 0 Å². The smallest absolute Gasteiger partial charge is 0.255 e. The number of benzene rings is 2. The number of ether oxygens (including phenoxy) is 3. The largest absolute Gasteiger partial charge is 0.497 e. The molecule has 0 N–H and O–H groups in total. The molecule has 3 heteroatoms. The molecule has 3 nitrogen and oxygen atoms in total. The van der Waals surface area contributed by atoms with E-state index in [2.05, 4.69) is 12.1 Å². The van der Waals surface area contributed by atoms with E-state index >= 15 is 0 Å². The van der Waals surface area contributed by atoms with Crippen LogP contribution in [-0.2, 0) is 12.8 Å². The van der Waals surface area contributed by atoms with Gasteiger partial charge in [0, 0.05) is 12.0 Å². The van der Waals surface area contributed by atoms with Gasteiger partial charge >= 0.3 is 0 Å². The third kappa shape index (κ3) is 1.73. The lowest BCUT2D eigenvalue weighted by atomic mass is 9.96. The monoisotopic (exact) mass is 268 g/mol. The number of rotatable bonds is 1. The highest BCUT2D eigenvalue weighted by Crippen LogP contribution is 2.43. The zero-order valence-electron chi connectivity index (χ0n) is 11.4. The number of aryl methyl sites for hydroxylation is 1. The zero-order chi connectivity index (χ0) is 13.6. The van der Waals surface area contributed by atoms with Crippen LogP contribution in [0.1, 0.15) is 17.5 Å². The minimum atomic E-state index is -0.539. The molecule has 0 fully saturated rings. The first-order valence-corrected chi connectivity index (χ1v) is 6.91. The van der Waals surface area contributed by atoms with Gasteiger partial charge in [-0.15, -0.1) is 0 Å². The summed E-state index contributed by atoms with van der Waals surface area (Å²) >= 11 is 0. The highest BCUT2D eigenvalue weighted by Gasteiger charge is 2.44. The predicted octanol–water partition coefficient (Wildman–Crippen LogP) is 3.35. The van der Waals surface area contributed by atoms with Crippen molar-refractivity contribution in [2.45, 2.75) is 25.0 Å². The van der Waals surface area contributed by atoms with Crippen LogP contribution in [0.2, 0.25) is 0 Å². The average molecular weight is 268 g/mol. The summed E-state index contributed by atoms with van der Waals surface area (Å²) in [5, 5.41) is 0. The molecule has 2 heterocycles. The molecule has 102 valence electrons. The summed E-state index contributed by atoms with van der Waals surface area (Å²) in [6, 6.07) is 14.1. The van der Waals surface area contributed by atoms with Crippen LogP contribution in [0.15, 0.2) is 42.5 Å². The molecule has 0 unspecified atom stereocenters. The Labute approximate surface area is 118 Å². The van der Waals surface area contributed by atoms with Crippen molar-refractivity contribution < 1.29 is 14.2 Å². The Balaban J connectivity index is 1.66. The first kappa shape index (κ1) is 11.6. The van der Waals surface area contributed by atoms with Crippen LogP contribution in [0.3, 0.4) is 0 Å². The zero-order valence-corrected chi connectivity index (χ0v) is 11.4. The fraction of sp³-hybridized carbons (Fsp3) is 0.294. The van der Waals surface area contributed by atoms with Gasteiger partial charge in [0.05, 0.1) is 13.5 Å². The fourth-order valence-corrected chi connectivity index (χ4v) is 3.03. The Morgan fingerprint density at radius 1 is 1.00 bits per heavy atom. The lowest BCUT2D eigenvalue weighted by molar-refractivity contribution is -0.111. The van der Waals surface area contributed by atoms with Gasteiger partial charge in [0.1, 0.15) is 17.2 Å². The molecular weight excluding hydrogens is 252 g/mol. The molecule has 4 rings (SSSR count). The summed E-state index contributed by atoms with van der Waals surface area (Å²) in [5.74, 6) is 2.17. The molecule has 2 aromatic rings. The van der Waals surface area contributed by atoms with Crippen molar-refractivity contribution in [1.82, 2.24) is 0 Å². The quantitative estimate of drug-likeness (QED) is 0.793. The maximum absolute atomic E-state index is 6.17. The van der Waals surface area contributed by atoms with Crippen molar-refractivity contribution in [3.63, 3.8) is 0 Å². The van der Waals surface area contributed by atoms with Gasteiger partial charge < -0.3 is 14.2 Å². The van der Waals surface area contributed by atoms with Gasteiger partial charge in [-0.25, -0.2) is 0 Å². The summed E-state index contributed by atoms with van der Waals surface area (Å²) in [5.41, 5.74) is 2.42. The van der Waals surface area contributed by atoms with Gasteiger partial charge in [-0.2, -0.15) is 0 Å². The van der Waals surface area contributed by atoms with Crippen LogP contribution >= 0.6 is 0 Å². The molecule has 2 aliphatic rings. The predicted molar refractivity (Wildman–Crippen MR) is 75.4 cm³/mol. The molecule has 0 radical (unpaired) electrons. The average Bonchev–Trinajstić information content (AvgIpc) is 2.83. The second kappa shape index (κ2) is 4.17. The second-order valence-corrected chi connectivity index (χ2v) is 5.37. The molecule has 0 bridgehead atoms. The van der Waals surface area contributed by atoms with E-state index in [0.29, 0.717) is 0 Å². The highest BCUT2D eigenvalue weighted by molar-refractivity contribution is 5.45. The highest BCUT2D eigenvalue weighted by atomic mass is 16.7. The molecule has 2 aliphatic heterocycles. The van der Waals surface area contributed by atoms with Crippen LogP contribution < -0.4 is 14.2 Å². The molecular formula is C17H16O3. The van der Waals surface area contributed by atoms with Gasteiger partial charge in [-0.1, -0.05) is 18.2 Å². The van der Waals surface area contributed by atoms with Crippen LogP contribution in [0.5, 0.6) is 17.2 Å². The third-order valence-electron chi connectivity index (χ3n) is 4.07. The van der Waals surface area contributed by atoms with Gasteiger partial charge in [-0.05, 0) is 36.2 Å². The van der Waals surface area contributed by atoms with E-state index in [0.717, 1.165) is 42.1 Å². The second-order valence-electron chi connectivity index (χ2n) is 5.37. The lowest BCUT2D eigenvalue weighted by Gasteiger charge is -2.34. The summed E-state index contributed by atoms with van der Waals surface area (Å²) in [6.45, 7) is 0. The van der Waals surface area contributed by atoms with Crippen molar-refractivity contribution in [2.75, 3.05) is 7.11 Å². The topological polar surface area (TPSA) is 27.7 Å². The number of para-hydroxylation sites is 1. The summed E-state index contributed by atoms with van der Waals surface area (Å²) in [4.78, 5) is 0. The van der Waals surface area contributed by atoms with E-state index in [-0.39, 0.29) is 0 Å². The maximum atomic E-state index is 6.17. The third-order valence-corrected chi connectivity index (χ3v) is 4.07. The Kier molecular flexibility index (Phi) is 2.43. The minimum absolute atomic E-state index is 0.539. The lowest BCUT2D eigenvalue weighted by Crippen LogP contribution is -2.43. The number of methoxy groups -OCH3 is 1. The van der Waals surface area contributed by atoms with Crippen LogP contribution in [0.4, 0.5) is 0 Å². The normalized spacial score (nSPS) is 22.6. The van der Waals surface area contributed by atoms with Crippen LogP contribution in [-0.4, -0.2) is 12.9 Å². The van der Waals surface area contributed by atoms with E-state index in [1.807, 2.05) is 30.3 Å². The number of hydrogen-bond donors (Lipinski definition) is 0. The molecule has 1 spiro atoms. The van der Waals surface area contributed by atoms with E-state index in [1.165, 1.54) is 5.56 Å². The molecule has 1 atom stereocenters. The fourth-order valence-electron chi connectivity index (χ4n) is 3.03. The molecule has 0 aliphatic carbocycles. The van der Waals surface area contributed by atoms with Gasteiger partial charge in [0.25, 0.3) is 5.79 Å². The van der Waals surface area contributed by atoms with E-state index < -0.39 is 5.79 Å². The molecule has 0 amide bonds. The molecule has 0 aromatic heterocycles.